The molecule has 0 aromatic heterocycles. The summed E-state index contributed by atoms with van der Waals surface area (Å²) in [6.07, 6.45) is -1.48. The van der Waals surface area contributed by atoms with Crippen LogP contribution in [0.5, 0.6) is 5.75 Å². The normalized spacial score (nSPS) is 12.3. The number of rotatable bonds is 3. The molecular formula is C12H15ClO4. The van der Waals surface area contributed by atoms with E-state index in [2.05, 4.69) is 0 Å². The molecule has 0 saturated carbocycles. The molecule has 0 fully saturated rings. The summed E-state index contributed by atoms with van der Waals surface area (Å²) in [5.41, 5.74) is 1.16. The van der Waals surface area contributed by atoms with E-state index in [4.69, 9.17) is 16.3 Å². The standard InChI is InChI=1S/C12H15ClO4/c1-4-17-12(16)11(15)9-7(3)10(14)6(2)5-8(9)13/h5,11,14-15H,4H2,1-3H3. The van der Waals surface area contributed by atoms with E-state index in [1.807, 2.05) is 0 Å². The van der Waals surface area contributed by atoms with Crippen LogP contribution in [0.3, 0.4) is 0 Å². The summed E-state index contributed by atoms with van der Waals surface area (Å²) in [6, 6.07) is 1.50. The van der Waals surface area contributed by atoms with Gasteiger partial charge < -0.3 is 14.9 Å². The monoisotopic (exact) mass is 258 g/mol. The van der Waals surface area contributed by atoms with Gasteiger partial charge in [0.1, 0.15) is 5.75 Å². The number of esters is 1. The summed E-state index contributed by atoms with van der Waals surface area (Å²) in [6.45, 7) is 5.09. The third-order valence-electron chi connectivity index (χ3n) is 2.52. The summed E-state index contributed by atoms with van der Waals surface area (Å²) in [4.78, 5) is 11.4. The second-order valence-corrected chi connectivity index (χ2v) is 4.12. The summed E-state index contributed by atoms with van der Waals surface area (Å²) in [5.74, 6) is -0.756. The predicted octanol–water partition coefficient (Wildman–Crippen LogP) is 2.26. The van der Waals surface area contributed by atoms with Crippen molar-refractivity contribution in [2.75, 3.05) is 6.61 Å². The van der Waals surface area contributed by atoms with Gasteiger partial charge in [-0.3, -0.25) is 0 Å². The summed E-state index contributed by atoms with van der Waals surface area (Å²) in [7, 11) is 0. The van der Waals surface area contributed by atoms with Crippen LogP contribution >= 0.6 is 11.6 Å². The number of carbonyl (C=O) groups excluding carboxylic acids is 1. The third kappa shape index (κ3) is 2.70. The first-order chi connectivity index (χ1) is 7.90. The Morgan fingerprint density at radius 3 is 2.65 bits per heavy atom. The number of aliphatic hydroxyl groups is 1. The van der Waals surface area contributed by atoms with E-state index < -0.39 is 12.1 Å². The van der Waals surface area contributed by atoms with E-state index in [1.165, 1.54) is 6.07 Å². The van der Waals surface area contributed by atoms with Gasteiger partial charge in [0.25, 0.3) is 0 Å². The first-order valence-corrected chi connectivity index (χ1v) is 5.61. The van der Waals surface area contributed by atoms with Gasteiger partial charge in [0.05, 0.1) is 6.61 Å². The molecule has 17 heavy (non-hydrogen) atoms. The maximum absolute atomic E-state index is 11.4. The number of hydrogen-bond donors (Lipinski definition) is 2. The number of aryl methyl sites for hydroxylation is 1. The second kappa shape index (κ2) is 5.38. The van der Waals surface area contributed by atoms with Crippen LogP contribution in [-0.2, 0) is 9.53 Å². The number of halogens is 1. The molecule has 0 aliphatic rings. The molecule has 4 nitrogen and oxygen atoms in total. The Kier molecular flexibility index (Phi) is 4.37. The molecule has 1 atom stereocenters. The molecule has 1 rings (SSSR count). The minimum atomic E-state index is -1.48. The Morgan fingerprint density at radius 1 is 1.53 bits per heavy atom. The highest BCUT2D eigenvalue weighted by Gasteiger charge is 2.25. The summed E-state index contributed by atoms with van der Waals surface area (Å²) >= 11 is 5.97. The van der Waals surface area contributed by atoms with Crippen molar-refractivity contribution in [2.45, 2.75) is 26.9 Å². The largest absolute Gasteiger partial charge is 0.507 e. The molecule has 0 aliphatic heterocycles. The van der Waals surface area contributed by atoms with Crippen LogP contribution < -0.4 is 0 Å². The van der Waals surface area contributed by atoms with Crippen molar-refractivity contribution in [3.05, 3.63) is 27.8 Å². The van der Waals surface area contributed by atoms with Gasteiger partial charge in [-0.2, -0.15) is 0 Å². The van der Waals surface area contributed by atoms with Gasteiger partial charge in [0, 0.05) is 10.6 Å². The number of ether oxygens (including phenoxy) is 1. The van der Waals surface area contributed by atoms with Gasteiger partial charge in [0.2, 0.25) is 0 Å². The van der Waals surface area contributed by atoms with Crippen molar-refractivity contribution < 1.29 is 19.7 Å². The van der Waals surface area contributed by atoms with Crippen LogP contribution in [0.1, 0.15) is 29.7 Å². The molecule has 0 heterocycles. The van der Waals surface area contributed by atoms with E-state index >= 15 is 0 Å². The molecule has 0 spiro atoms. The van der Waals surface area contributed by atoms with Gasteiger partial charge in [0.15, 0.2) is 6.10 Å². The molecule has 0 aliphatic carbocycles. The van der Waals surface area contributed by atoms with E-state index in [0.717, 1.165) is 0 Å². The second-order valence-electron chi connectivity index (χ2n) is 3.72. The van der Waals surface area contributed by atoms with Crippen molar-refractivity contribution in [1.82, 2.24) is 0 Å². The van der Waals surface area contributed by atoms with Gasteiger partial charge in [-0.1, -0.05) is 11.6 Å². The first-order valence-electron chi connectivity index (χ1n) is 5.23. The highest BCUT2D eigenvalue weighted by molar-refractivity contribution is 6.31. The molecular weight excluding hydrogens is 244 g/mol. The first kappa shape index (κ1) is 13.8. The van der Waals surface area contributed by atoms with Gasteiger partial charge >= 0.3 is 5.97 Å². The maximum atomic E-state index is 11.4. The number of carbonyl (C=O) groups is 1. The van der Waals surface area contributed by atoms with Crippen LogP contribution in [0.15, 0.2) is 6.07 Å². The van der Waals surface area contributed by atoms with Crippen molar-refractivity contribution >= 4 is 17.6 Å². The highest BCUT2D eigenvalue weighted by Crippen LogP contribution is 2.35. The Hall–Kier alpha value is -1.26. The Labute approximate surface area is 105 Å². The molecule has 2 N–H and O–H groups in total. The maximum Gasteiger partial charge on any atom is 0.339 e. The van der Waals surface area contributed by atoms with Crippen LogP contribution in [0, 0.1) is 13.8 Å². The molecule has 0 radical (unpaired) electrons. The number of aliphatic hydroxyl groups excluding tert-OH is 1. The van der Waals surface area contributed by atoms with Gasteiger partial charge in [-0.05, 0) is 38.0 Å². The molecule has 1 aromatic carbocycles. The SMILES string of the molecule is CCOC(=O)C(O)c1c(Cl)cc(C)c(O)c1C. The van der Waals surface area contributed by atoms with Gasteiger partial charge in [-0.25, -0.2) is 4.79 Å². The van der Waals surface area contributed by atoms with Crippen molar-refractivity contribution in [3.63, 3.8) is 0 Å². The number of aromatic hydroxyl groups is 1. The molecule has 1 unspecified atom stereocenters. The highest BCUT2D eigenvalue weighted by atomic mass is 35.5. The van der Waals surface area contributed by atoms with Crippen LogP contribution in [-0.4, -0.2) is 22.8 Å². The fraction of sp³-hybridized carbons (Fsp3) is 0.417. The average molecular weight is 259 g/mol. The Bertz CT molecular complexity index is 443. The van der Waals surface area contributed by atoms with E-state index in [9.17, 15) is 15.0 Å². The van der Waals surface area contributed by atoms with Crippen LogP contribution in [0.25, 0.3) is 0 Å². The summed E-state index contributed by atoms with van der Waals surface area (Å²) in [5, 5.41) is 19.8. The molecule has 0 saturated heterocycles. The zero-order chi connectivity index (χ0) is 13.2. The molecule has 0 bridgehead atoms. The number of benzene rings is 1. The minimum absolute atomic E-state index is 0.0211. The average Bonchev–Trinajstić information content (AvgIpc) is 2.26. The Morgan fingerprint density at radius 2 is 2.12 bits per heavy atom. The van der Waals surface area contributed by atoms with Crippen LogP contribution in [0.4, 0.5) is 0 Å². The smallest absolute Gasteiger partial charge is 0.339 e. The van der Waals surface area contributed by atoms with Crippen molar-refractivity contribution in [1.29, 1.82) is 0 Å². The minimum Gasteiger partial charge on any atom is -0.507 e. The number of hydrogen-bond acceptors (Lipinski definition) is 4. The molecule has 1 aromatic rings. The molecule has 94 valence electrons. The van der Waals surface area contributed by atoms with E-state index in [1.54, 1.807) is 20.8 Å². The topological polar surface area (TPSA) is 66.8 Å². The predicted molar refractivity (Wildman–Crippen MR) is 64.2 cm³/mol. The van der Waals surface area contributed by atoms with Crippen molar-refractivity contribution in [3.8, 4) is 5.75 Å². The molecule has 5 heteroatoms. The zero-order valence-corrected chi connectivity index (χ0v) is 10.7. The summed E-state index contributed by atoms with van der Waals surface area (Å²) < 4.78 is 4.71. The lowest BCUT2D eigenvalue weighted by Crippen LogP contribution is -2.17. The lowest BCUT2D eigenvalue weighted by Gasteiger charge is -2.16. The number of phenols is 1. The zero-order valence-electron chi connectivity index (χ0n) is 9.95. The third-order valence-corrected chi connectivity index (χ3v) is 2.83. The van der Waals surface area contributed by atoms with Crippen LogP contribution in [0.2, 0.25) is 5.02 Å². The fourth-order valence-electron chi connectivity index (χ4n) is 1.61. The fourth-order valence-corrected chi connectivity index (χ4v) is 2.02. The molecule has 0 amide bonds. The van der Waals surface area contributed by atoms with Gasteiger partial charge in [-0.15, -0.1) is 0 Å². The van der Waals surface area contributed by atoms with E-state index in [0.29, 0.717) is 11.1 Å². The lowest BCUT2D eigenvalue weighted by atomic mass is 9.99. The quantitative estimate of drug-likeness (QED) is 0.816. The lowest BCUT2D eigenvalue weighted by molar-refractivity contribution is -0.153. The Balaban J connectivity index is 3.22. The van der Waals surface area contributed by atoms with Crippen molar-refractivity contribution in [2.24, 2.45) is 0 Å². The number of phenolic OH excluding ortho intramolecular Hbond substituents is 1. The van der Waals surface area contributed by atoms with E-state index in [-0.39, 0.29) is 22.9 Å².